The largest absolute Gasteiger partial charge is 0.480 e. The molecule has 0 radical (unpaired) electrons. The summed E-state index contributed by atoms with van der Waals surface area (Å²) in [5.74, 6) is -1.42. The van der Waals surface area contributed by atoms with Crippen LogP contribution in [0.3, 0.4) is 0 Å². The zero-order valence-corrected chi connectivity index (χ0v) is 12.8. The van der Waals surface area contributed by atoms with E-state index in [1.165, 1.54) is 0 Å². The third-order valence-electron chi connectivity index (χ3n) is 2.84. The molecule has 5 nitrogen and oxygen atoms in total. The van der Waals surface area contributed by atoms with E-state index in [9.17, 15) is 9.59 Å². The fourth-order valence-electron chi connectivity index (χ4n) is 2.03. The van der Waals surface area contributed by atoms with Gasteiger partial charge in [-0.2, -0.15) is 0 Å². The lowest BCUT2D eigenvalue weighted by atomic mass is 10.0. The second-order valence-electron chi connectivity index (χ2n) is 5.85. The number of rotatable bonds is 4. The molecule has 5 heteroatoms. The van der Waals surface area contributed by atoms with Gasteiger partial charge in [0.15, 0.2) is 6.61 Å². The third kappa shape index (κ3) is 3.75. The quantitative estimate of drug-likeness (QED) is 0.878. The van der Waals surface area contributed by atoms with E-state index in [0.717, 1.165) is 5.39 Å². The van der Waals surface area contributed by atoms with E-state index in [-0.39, 0.29) is 11.3 Å². The number of benzene rings is 2. The van der Waals surface area contributed by atoms with Gasteiger partial charge in [-0.25, -0.2) is 9.59 Å². The Morgan fingerprint density at radius 3 is 2.41 bits per heavy atom. The molecule has 0 aromatic heterocycles. The van der Waals surface area contributed by atoms with E-state index < -0.39 is 24.1 Å². The number of hydrogen-bond acceptors (Lipinski definition) is 4. The first-order chi connectivity index (χ1) is 10.3. The second kappa shape index (κ2) is 6.05. The van der Waals surface area contributed by atoms with Crippen molar-refractivity contribution in [1.82, 2.24) is 0 Å². The molecular formula is C17H18O5. The number of carbonyl (C=O) groups is 2. The molecule has 0 saturated heterocycles. The predicted molar refractivity (Wildman–Crippen MR) is 82.2 cm³/mol. The fourth-order valence-corrected chi connectivity index (χ4v) is 2.03. The molecule has 0 atom stereocenters. The van der Waals surface area contributed by atoms with Crippen molar-refractivity contribution in [1.29, 1.82) is 0 Å². The highest BCUT2D eigenvalue weighted by Crippen LogP contribution is 2.31. The van der Waals surface area contributed by atoms with Crippen LogP contribution in [-0.4, -0.2) is 29.3 Å². The van der Waals surface area contributed by atoms with Crippen LogP contribution in [0.15, 0.2) is 36.4 Å². The van der Waals surface area contributed by atoms with Crippen LogP contribution < -0.4 is 4.74 Å². The highest BCUT2D eigenvalue weighted by molar-refractivity contribution is 6.01. The Morgan fingerprint density at radius 2 is 1.77 bits per heavy atom. The molecule has 2 aromatic carbocycles. The van der Waals surface area contributed by atoms with Crippen LogP contribution in [0.4, 0.5) is 0 Å². The molecule has 0 aliphatic carbocycles. The lowest BCUT2D eigenvalue weighted by Crippen LogP contribution is -2.24. The molecular weight excluding hydrogens is 284 g/mol. The van der Waals surface area contributed by atoms with Gasteiger partial charge < -0.3 is 14.6 Å². The van der Waals surface area contributed by atoms with E-state index in [0.29, 0.717) is 5.39 Å². The summed E-state index contributed by atoms with van der Waals surface area (Å²) in [5, 5.41) is 10.4. The van der Waals surface area contributed by atoms with Crippen molar-refractivity contribution in [3.63, 3.8) is 0 Å². The highest BCUT2D eigenvalue weighted by Gasteiger charge is 2.22. The smallest absolute Gasteiger partial charge is 0.342 e. The minimum atomic E-state index is -1.11. The van der Waals surface area contributed by atoms with Crippen LogP contribution >= 0.6 is 0 Å². The summed E-state index contributed by atoms with van der Waals surface area (Å²) < 4.78 is 10.7. The van der Waals surface area contributed by atoms with Crippen molar-refractivity contribution in [3.8, 4) is 5.75 Å². The van der Waals surface area contributed by atoms with Gasteiger partial charge in [0, 0.05) is 5.39 Å². The monoisotopic (exact) mass is 302 g/mol. The normalized spacial score (nSPS) is 11.2. The van der Waals surface area contributed by atoms with Crippen LogP contribution in [0.25, 0.3) is 10.8 Å². The summed E-state index contributed by atoms with van der Waals surface area (Å²) in [6.45, 7) is 4.78. The van der Waals surface area contributed by atoms with E-state index in [4.69, 9.17) is 14.6 Å². The number of fused-ring (bicyclic) bond motifs is 1. The Balaban J connectivity index is 2.50. The van der Waals surface area contributed by atoms with Gasteiger partial charge >= 0.3 is 11.9 Å². The van der Waals surface area contributed by atoms with Gasteiger partial charge in [0.2, 0.25) is 0 Å². The van der Waals surface area contributed by atoms with Crippen molar-refractivity contribution in [2.75, 3.05) is 6.61 Å². The Morgan fingerprint density at radius 1 is 1.09 bits per heavy atom. The van der Waals surface area contributed by atoms with Crippen molar-refractivity contribution in [2.24, 2.45) is 0 Å². The number of esters is 1. The summed E-state index contributed by atoms with van der Waals surface area (Å²) >= 11 is 0. The van der Waals surface area contributed by atoms with E-state index in [1.807, 2.05) is 12.1 Å². The van der Waals surface area contributed by atoms with Gasteiger partial charge in [-0.1, -0.05) is 30.3 Å². The van der Waals surface area contributed by atoms with E-state index >= 15 is 0 Å². The molecule has 22 heavy (non-hydrogen) atoms. The zero-order valence-electron chi connectivity index (χ0n) is 12.8. The summed E-state index contributed by atoms with van der Waals surface area (Å²) in [6, 6.07) is 10.7. The SMILES string of the molecule is CC(C)(C)OC(=O)c1ccc2ccccc2c1OCC(=O)O. The number of aliphatic carboxylic acids is 1. The third-order valence-corrected chi connectivity index (χ3v) is 2.84. The highest BCUT2D eigenvalue weighted by atomic mass is 16.6. The van der Waals surface area contributed by atoms with Crippen LogP contribution in [0.5, 0.6) is 5.75 Å². The standard InChI is InChI=1S/C17H18O5/c1-17(2,3)22-16(20)13-9-8-11-6-4-5-7-12(11)15(13)21-10-14(18)19/h4-9H,10H2,1-3H3,(H,18,19). The molecule has 116 valence electrons. The fraction of sp³-hybridized carbons (Fsp3) is 0.294. The van der Waals surface area contributed by atoms with Gasteiger partial charge in [-0.3, -0.25) is 0 Å². The van der Waals surface area contributed by atoms with Crippen LogP contribution in [0.1, 0.15) is 31.1 Å². The lowest BCUT2D eigenvalue weighted by molar-refractivity contribution is -0.139. The summed E-state index contributed by atoms with van der Waals surface area (Å²) in [6.07, 6.45) is 0. The molecule has 0 spiro atoms. The number of ether oxygens (including phenoxy) is 2. The summed E-state index contributed by atoms with van der Waals surface area (Å²) in [4.78, 5) is 23.1. The Kier molecular flexibility index (Phi) is 4.35. The molecule has 0 amide bonds. The molecule has 0 fully saturated rings. The summed E-state index contributed by atoms with van der Waals surface area (Å²) in [7, 11) is 0. The Bertz CT molecular complexity index is 713. The molecule has 0 aliphatic heterocycles. The molecule has 0 unspecified atom stereocenters. The van der Waals surface area contributed by atoms with Gasteiger partial charge in [-0.05, 0) is 32.2 Å². The second-order valence-corrected chi connectivity index (χ2v) is 5.85. The van der Waals surface area contributed by atoms with Gasteiger partial charge in [-0.15, -0.1) is 0 Å². The van der Waals surface area contributed by atoms with Gasteiger partial charge in [0.25, 0.3) is 0 Å². The van der Waals surface area contributed by atoms with E-state index in [1.54, 1.807) is 45.0 Å². The van der Waals surface area contributed by atoms with Crippen molar-refractivity contribution in [3.05, 3.63) is 42.0 Å². The van der Waals surface area contributed by atoms with Crippen molar-refractivity contribution in [2.45, 2.75) is 26.4 Å². The number of carboxylic acids is 1. The predicted octanol–water partition coefficient (Wildman–Crippen LogP) is 3.26. The number of hydrogen-bond donors (Lipinski definition) is 1. The maximum atomic E-state index is 12.3. The van der Waals surface area contributed by atoms with Gasteiger partial charge in [0.05, 0.1) is 0 Å². The Hall–Kier alpha value is -2.56. The molecule has 2 aromatic rings. The zero-order chi connectivity index (χ0) is 16.3. The average molecular weight is 302 g/mol. The van der Waals surface area contributed by atoms with Crippen LogP contribution in [0.2, 0.25) is 0 Å². The first kappa shape index (κ1) is 15.8. The minimum absolute atomic E-state index is 0.217. The molecule has 0 bridgehead atoms. The first-order valence-corrected chi connectivity index (χ1v) is 6.87. The van der Waals surface area contributed by atoms with Crippen molar-refractivity contribution < 1.29 is 24.2 Å². The van der Waals surface area contributed by atoms with Crippen LogP contribution in [-0.2, 0) is 9.53 Å². The van der Waals surface area contributed by atoms with Crippen molar-refractivity contribution >= 4 is 22.7 Å². The molecule has 1 N–H and O–H groups in total. The average Bonchev–Trinajstić information content (AvgIpc) is 2.42. The maximum Gasteiger partial charge on any atom is 0.342 e. The van der Waals surface area contributed by atoms with E-state index in [2.05, 4.69) is 0 Å². The maximum absolute atomic E-state index is 12.3. The molecule has 0 aliphatic rings. The first-order valence-electron chi connectivity index (χ1n) is 6.87. The molecule has 0 saturated carbocycles. The number of carbonyl (C=O) groups excluding carboxylic acids is 1. The summed E-state index contributed by atoms with van der Waals surface area (Å²) in [5.41, 5.74) is -0.429. The lowest BCUT2D eigenvalue weighted by Gasteiger charge is -2.21. The minimum Gasteiger partial charge on any atom is -0.480 e. The molecule has 0 heterocycles. The topological polar surface area (TPSA) is 72.8 Å². The van der Waals surface area contributed by atoms with Gasteiger partial charge in [0.1, 0.15) is 16.9 Å². The Labute approximate surface area is 128 Å². The molecule has 2 rings (SSSR count). The van der Waals surface area contributed by atoms with Crippen LogP contribution in [0, 0.1) is 0 Å². The number of carboxylic acid groups (broad SMARTS) is 1.